The summed E-state index contributed by atoms with van der Waals surface area (Å²) in [5.41, 5.74) is 2.14. The molecule has 2 heterocycles. The summed E-state index contributed by atoms with van der Waals surface area (Å²) in [7, 11) is 0. The van der Waals surface area contributed by atoms with Crippen molar-refractivity contribution in [3.8, 4) is 0 Å². The first-order valence-electron chi connectivity index (χ1n) is 6.98. The van der Waals surface area contributed by atoms with E-state index in [1.54, 1.807) is 29.5 Å². The van der Waals surface area contributed by atoms with Crippen molar-refractivity contribution in [3.05, 3.63) is 16.0 Å². The largest absolute Gasteiger partial charge is 0.465 e. The minimum absolute atomic E-state index is 0.0303. The van der Waals surface area contributed by atoms with Gasteiger partial charge in [0, 0.05) is 10.4 Å². The van der Waals surface area contributed by atoms with E-state index in [2.05, 4.69) is 4.99 Å². The van der Waals surface area contributed by atoms with E-state index >= 15 is 0 Å². The Balaban J connectivity index is 1.84. The molecule has 0 radical (unpaired) electrons. The molecule has 1 aromatic rings. The van der Waals surface area contributed by atoms with Crippen molar-refractivity contribution < 1.29 is 14.6 Å². The Bertz CT molecular complexity index is 553. The standard InChI is InChI=1S/C14H18N2O3S/c1-2-19-11(17)7-16-8-15-13-12(14(16)18)9-5-3-4-6-10(9)20-13/h8,14,18H,2-7H2,1H3/t14-/m0/s1. The van der Waals surface area contributed by atoms with E-state index in [-0.39, 0.29) is 12.5 Å². The van der Waals surface area contributed by atoms with E-state index in [0.29, 0.717) is 6.61 Å². The Morgan fingerprint density at radius 1 is 1.55 bits per heavy atom. The Hall–Kier alpha value is -1.40. The molecule has 20 heavy (non-hydrogen) atoms. The molecule has 0 aromatic carbocycles. The first kappa shape index (κ1) is 13.6. The SMILES string of the molecule is CCOC(=O)CN1C=Nc2sc3c(c2[C@@H]1O)CCCC3. The summed E-state index contributed by atoms with van der Waals surface area (Å²) in [5, 5.41) is 11.4. The summed E-state index contributed by atoms with van der Waals surface area (Å²) in [6.07, 6.45) is 5.20. The van der Waals surface area contributed by atoms with Crippen LogP contribution >= 0.6 is 11.3 Å². The van der Waals surface area contributed by atoms with Gasteiger partial charge in [-0.25, -0.2) is 4.99 Å². The number of nitrogens with zero attached hydrogens (tertiary/aromatic N) is 2. The smallest absolute Gasteiger partial charge is 0.325 e. The molecule has 0 saturated carbocycles. The molecule has 108 valence electrons. The Labute approximate surface area is 121 Å². The summed E-state index contributed by atoms with van der Waals surface area (Å²) < 4.78 is 4.92. The zero-order valence-corrected chi connectivity index (χ0v) is 12.3. The maximum Gasteiger partial charge on any atom is 0.325 e. The number of carbonyl (C=O) groups excluding carboxylic acids is 1. The van der Waals surface area contributed by atoms with Gasteiger partial charge in [-0.2, -0.15) is 0 Å². The van der Waals surface area contributed by atoms with Gasteiger partial charge in [-0.1, -0.05) is 0 Å². The Kier molecular flexibility index (Phi) is 3.76. The lowest BCUT2D eigenvalue weighted by molar-refractivity contribution is -0.145. The average Bonchev–Trinajstić information content (AvgIpc) is 2.81. The van der Waals surface area contributed by atoms with Crippen LogP contribution in [-0.2, 0) is 22.4 Å². The number of aliphatic imine (C=N–C) groups is 1. The second-order valence-corrected chi connectivity index (χ2v) is 6.11. The molecule has 0 fully saturated rings. The van der Waals surface area contributed by atoms with Gasteiger partial charge in [0.15, 0.2) is 6.23 Å². The zero-order chi connectivity index (χ0) is 14.1. The molecule has 1 aromatic heterocycles. The number of hydrogen-bond donors (Lipinski definition) is 1. The van der Waals surface area contributed by atoms with E-state index < -0.39 is 6.23 Å². The summed E-state index contributed by atoms with van der Waals surface area (Å²) in [6.45, 7) is 2.15. The molecule has 0 saturated heterocycles. The molecule has 0 bridgehead atoms. The fourth-order valence-corrected chi connectivity index (χ4v) is 4.03. The molecule has 0 spiro atoms. The third-order valence-corrected chi connectivity index (χ3v) is 4.92. The van der Waals surface area contributed by atoms with E-state index in [0.717, 1.165) is 29.8 Å². The van der Waals surface area contributed by atoms with Gasteiger partial charge in [0.25, 0.3) is 0 Å². The zero-order valence-electron chi connectivity index (χ0n) is 11.5. The lowest BCUT2D eigenvalue weighted by atomic mass is 9.94. The van der Waals surface area contributed by atoms with Crippen LogP contribution in [0.5, 0.6) is 0 Å². The van der Waals surface area contributed by atoms with Crippen molar-refractivity contribution in [1.29, 1.82) is 0 Å². The first-order valence-corrected chi connectivity index (χ1v) is 7.80. The minimum Gasteiger partial charge on any atom is -0.465 e. The number of aliphatic hydroxyl groups excluding tert-OH is 1. The van der Waals surface area contributed by atoms with Gasteiger partial charge in [-0.05, 0) is 38.2 Å². The number of aryl methyl sites for hydroxylation is 1. The molecule has 1 aliphatic carbocycles. The number of ether oxygens (including phenoxy) is 1. The Morgan fingerprint density at radius 2 is 2.35 bits per heavy atom. The van der Waals surface area contributed by atoms with Crippen LogP contribution < -0.4 is 0 Å². The van der Waals surface area contributed by atoms with E-state index in [1.807, 2.05) is 0 Å². The summed E-state index contributed by atoms with van der Waals surface area (Å²) in [5.74, 6) is -0.342. The molecule has 2 aliphatic rings. The topological polar surface area (TPSA) is 62.1 Å². The van der Waals surface area contributed by atoms with Gasteiger partial charge in [0.2, 0.25) is 0 Å². The molecule has 5 nitrogen and oxygen atoms in total. The molecule has 0 amide bonds. The maximum atomic E-state index is 11.6. The molecular weight excluding hydrogens is 276 g/mol. The van der Waals surface area contributed by atoms with Gasteiger partial charge in [0.1, 0.15) is 11.5 Å². The van der Waals surface area contributed by atoms with Gasteiger partial charge in [-0.3, -0.25) is 4.79 Å². The average molecular weight is 294 g/mol. The normalized spacial score (nSPS) is 20.5. The van der Waals surface area contributed by atoms with Crippen LogP contribution in [0.25, 0.3) is 0 Å². The second-order valence-electron chi connectivity index (χ2n) is 5.03. The fraction of sp³-hybridized carbons (Fsp3) is 0.571. The second kappa shape index (κ2) is 5.54. The lowest BCUT2D eigenvalue weighted by Gasteiger charge is -2.29. The number of fused-ring (bicyclic) bond motifs is 3. The number of carbonyl (C=O) groups is 1. The van der Waals surface area contributed by atoms with E-state index in [4.69, 9.17) is 4.74 Å². The van der Waals surface area contributed by atoms with Crippen LogP contribution in [0, 0.1) is 0 Å². The van der Waals surface area contributed by atoms with Crippen molar-refractivity contribution in [3.63, 3.8) is 0 Å². The van der Waals surface area contributed by atoms with Gasteiger partial charge < -0.3 is 14.7 Å². The molecule has 3 rings (SSSR count). The van der Waals surface area contributed by atoms with Crippen LogP contribution in [0.2, 0.25) is 0 Å². The van der Waals surface area contributed by atoms with Crippen LogP contribution in [-0.4, -0.2) is 35.5 Å². The van der Waals surface area contributed by atoms with Crippen molar-refractivity contribution in [2.75, 3.05) is 13.2 Å². The third kappa shape index (κ3) is 2.33. The van der Waals surface area contributed by atoms with Crippen molar-refractivity contribution in [1.82, 2.24) is 4.90 Å². The van der Waals surface area contributed by atoms with Crippen LogP contribution in [0.3, 0.4) is 0 Å². The molecule has 6 heteroatoms. The highest BCUT2D eigenvalue weighted by Gasteiger charge is 2.31. The summed E-state index contributed by atoms with van der Waals surface area (Å²) in [6, 6.07) is 0. The summed E-state index contributed by atoms with van der Waals surface area (Å²) >= 11 is 1.67. The minimum atomic E-state index is -0.787. The highest BCUT2D eigenvalue weighted by atomic mass is 32.1. The number of hydrogen-bond acceptors (Lipinski definition) is 6. The quantitative estimate of drug-likeness (QED) is 0.868. The number of thiophene rings is 1. The van der Waals surface area contributed by atoms with Crippen LogP contribution in [0.15, 0.2) is 4.99 Å². The highest BCUT2D eigenvalue weighted by molar-refractivity contribution is 7.16. The van der Waals surface area contributed by atoms with Crippen molar-refractivity contribution in [2.24, 2.45) is 4.99 Å². The lowest BCUT2D eigenvalue weighted by Crippen LogP contribution is -2.35. The van der Waals surface area contributed by atoms with E-state index in [1.165, 1.54) is 16.9 Å². The monoisotopic (exact) mass is 294 g/mol. The molecule has 1 atom stereocenters. The number of rotatable bonds is 3. The first-order chi connectivity index (χ1) is 9.70. The molecule has 0 unspecified atom stereocenters. The molecule has 1 N–H and O–H groups in total. The molecule has 1 aliphatic heterocycles. The van der Waals surface area contributed by atoms with Crippen molar-refractivity contribution >= 4 is 28.6 Å². The van der Waals surface area contributed by atoms with Crippen LogP contribution in [0.4, 0.5) is 5.00 Å². The Morgan fingerprint density at radius 3 is 3.15 bits per heavy atom. The van der Waals surface area contributed by atoms with E-state index in [9.17, 15) is 9.90 Å². The van der Waals surface area contributed by atoms with Gasteiger partial charge in [0.05, 0.1) is 12.9 Å². The number of esters is 1. The van der Waals surface area contributed by atoms with Crippen molar-refractivity contribution in [2.45, 2.75) is 38.8 Å². The van der Waals surface area contributed by atoms with Crippen LogP contribution in [0.1, 0.15) is 42.0 Å². The fourth-order valence-electron chi connectivity index (χ4n) is 2.78. The summed E-state index contributed by atoms with van der Waals surface area (Å²) in [4.78, 5) is 18.8. The number of aliphatic hydroxyl groups is 1. The highest BCUT2D eigenvalue weighted by Crippen LogP contribution is 2.45. The predicted octanol–water partition coefficient (Wildman–Crippen LogP) is 2.16. The molecular formula is C14H18N2O3S. The predicted molar refractivity (Wildman–Crippen MR) is 77.4 cm³/mol. The third-order valence-electron chi connectivity index (χ3n) is 3.71. The van der Waals surface area contributed by atoms with Gasteiger partial charge in [-0.15, -0.1) is 11.3 Å². The van der Waals surface area contributed by atoms with Gasteiger partial charge >= 0.3 is 5.97 Å². The maximum absolute atomic E-state index is 11.6.